The molecule has 0 N–H and O–H groups in total. The number of rotatable bonds is 7. The third-order valence-corrected chi connectivity index (χ3v) is 6.89. The van der Waals surface area contributed by atoms with Gasteiger partial charge in [-0.25, -0.2) is 19.3 Å². The molecule has 2 aromatic heterocycles. The van der Waals surface area contributed by atoms with Gasteiger partial charge in [0.1, 0.15) is 6.33 Å². The molecule has 0 atom stereocenters. The molecule has 0 spiro atoms. The maximum absolute atomic E-state index is 6.69. The number of nitrogens with zero attached hydrogens (tertiary/aromatic N) is 4. The Balaban J connectivity index is 1.62. The van der Waals surface area contributed by atoms with Crippen LogP contribution >= 0.6 is 11.6 Å². The molecular weight excluding hydrogens is 508 g/mol. The molecule has 0 fully saturated rings. The van der Waals surface area contributed by atoms with Crippen LogP contribution < -0.4 is 9.47 Å². The normalized spacial score (nSPS) is 10.9. The zero-order chi connectivity index (χ0) is 26.8. The van der Waals surface area contributed by atoms with E-state index in [2.05, 4.69) is 12.1 Å². The van der Waals surface area contributed by atoms with Gasteiger partial charge in [0.25, 0.3) is 0 Å². The minimum absolute atomic E-state index is 0.616. The average Bonchev–Trinajstić information content (AvgIpc) is 3.63. The molecule has 192 valence electrons. The van der Waals surface area contributed by atoms with Crippen molar-refractivity contribution in [3.8, 4) is 56.7 Å². The van der Waals surface area contributed by atoms with Gasteiger partial charge in [0.05, 0.1) is 42.5 Å². The van der Waals surface area contributed by atoms with E-state index in [-0.39, 0.29) is 0 Å². The Morgan fingerprint density at radius 2 is 1.33 bits per heavy atom. The lowest BCUT2D eigenvalue weighted by Crippen LogP contribution is -2.10. The van der Waals surface area contributed by atoms with Crippen molar-refractivity contribution < 1.29 is 9.47 Å². The van der Waals surface area contributed by atoms with Crippen molar-refractivity contribution in [2.75, 3.05) is 14.2 Å². The van der Waals surface area contributed by atoms with E-state index in [9.17, 15) is 0 Å². The molecular formula is C32H25ClN4O2. The highest BCUT2D eigenvalue weighted by Gasteiger charge is 2.22. The molecule has 0 radical (unpaired) electrons. The molecule has 39 heavy (non-hydrogen) atoms. The van der Waals surface area contributed by atoms with Gasteiger partial charge in [-0.1, -0.05) is 84.4 Å². The molecule has 2 heterocycles. The maximum atomic E-state index is 6.69. The molecule has 6 nitrogen and oxygen atoms in total. The van der Waals surface area contributed by atoms with Crippen LogP contribution in [0.3, 0.4) is 0 Å². The predicted molar refractivity (Wildman–Crippen MR) is 155 cm³/mol. The van der Waals surface area contributed by atoms with Crippen molar-refractivity contribution >= 4 is 11.6 Å². The number of imidazole rings is 2. The van der Waals surface area contributed by atoms with Crippen molar-refractivity contribution in [3.63, 3.8) is 0 Å². The van der Waals surface area contributed by atoms with Gasteiger partial charge >= 0.3 is 0 Å². The fourth-order valence-corrected chi connectivity index (χ4v) is 4.89. The largest absolute Gasteiger partial charge is 0.493 e. The summed E-state index contributed by atoms with van der Waals surface area (Å²) in [4.78, 5) is 9.94. The first-order chi connectivity index (χ1) is 19.2. The van der Waals surface area contributed by atoms with Crippen LogP contribution in [0.4, 0.5) is 0 Å². The summed E-state index contributed by atoms with van der Waals surface area (Å²) in [6.45, 7) is 0. The summed E-state index contributed by atoms with van der Waals surface area (Å²) in [7, 11) is 3.26. The SMILES string of the molecule is COc1ccc(-c2ncn(-n3cc(-c4ccccc4)nc3-c3ccccc3Cl)c2-c2ccccc2)cc1OC. The summed E-state index contributed by atoms with van der Waals surface area (Å²) in [5.74, 6) is 1.99. The van der Waals surface area contributed by atoms with Gasteiger partial charge in [-0.05, 0) is 30.3 Å². The number of hydrogen-bond acceptors (Lipinski definition) is 4. The topological polar surface area (TPSA) is 54.1 Å². The summed E-state index contributed by atoms with van der Waals surface area (Å²) in [5, 5.41) is 0.616. The Kier molecular flexibility index (Phi) is 6.61. The highest BCUT2D eigenvalue weighted by Crippen LogP contribution is 2.38. The molecule has 6 aromatic rings. The van der Waals surface area contributed by atoms with Crippen LogP contribution in [-0.2, 0) is 0 Å². The Bertz CT molecular complexity index is 1740. The Morgan fingerprint density at radius 3 is 2.03 bits per heavy atom. The summed E-state index contributed by atoms with van der Waals surface area (Å²) >= 11 is 6.69. The number of benzene rings is 4. The van der Waals surface area contributed by atoms with Gasteiger partial charge in [0.15, 0.2) is 17.3 Å². The van der Waals surface area contributed by atoms with Gasteiger partial charge in [0.2, 0.25) is 0 Å². The number of halogens is 1. The van der Waals surface area contributed by atoms with Crippen LogP contribution in [0.25, 0.3) is 45.2 Å². The van der Waals surface area contributed by atoms with Crippen molar-refractivity contribution in [3.05, 3.63) is 121 Å². The Labute approximate surface area is 231 Å². The zero-order valence-electron chi connectivity index (χ0n) is 21.5. The van der Waals surface area contributed by atoms with Crippen LogP contribution in [0.1, 0.15) is 0 Å². The standard InChI is InChI=1S/C32H25ClN4O2/c1-38-28-18-17-24(19-29(28)39-2)30-31(23-13-7-4-8-14-23)37(21-34-30)36-20-27(22-11-5-3-6-12-22)35-32(36)25-15-9-10-16-26(25)33/h3-21H,1-2H3. The van der Waals surface area contributed by atoms with E-state index in [1.807, 2.05) is 113 Å². The monoisotopic (exact) mass is 532 g/mol. The highest BCUT2D eigenvalue weighted by atomic mass is 35.5. The predicted octanol–water partition coefficient (Wildman–Crippen LogP) is 7.73. The van der Waals surface area contributed by atoms with E-state index in [1.165, 1.54) is 0 Å². The van der Waals surface area contributed by atoms with E-state index in [1.54, 1.807) is 14.2 Å². The average molecular weight is 533 g/mol. The fraction of sp³-hybridized carbons (Fsp3) is 0.0625. The lowest BCUT2D eigenvalue weighted by atomic mass is 10.0. The van der Waals surface area contributed by atoms with E-state index in [0.29, 0.717) is 22.3 Å². The van der Waals surface area contributed by atoms with Crippen molar-refractivity contribution in [1.82, 2.24) is 19.3 Å². The third kappa shape index (κ3) is 4.56. The fourth-order valence-electron chi connectivity index (χ4n) is 4.67. The third-order valence-electron chi connectivity index (χ3n) is 6.56. The lowest BCUT2D eigenvalue weighted by molar-refractivity contribution is 0.355. The number of ether oxygens (including phenoxy) is 2. The molecule has 0 bridgehead atoms. The van der Waals surface area contributed by atoms with Crippen molar-refractivity contribution in [2.45, 2.75) is 0 Å². The quantitative estimate of drug-likeness (QED) is 0.211. The molecule has 7 heteroatoms. The lowest BCUT2D eigenvalue weighted by Gasteiger charge is -2.15. The van der Waals surface area contributed by atoms with Crippen LogP contribution in [0.15, 0.2) is 116 Å². The number of hydrogen-bond donors (Lipinski definition) is 0. The van der Waals surface area contributed by atoms with E-state index in [4.69, 9.17) is 31.0 Å². The molecule has 6 rings (SSSR count). The van der Waals surface area contributed by atoms with Crippen LogP contribution in [-0.4, -0.2) is 33.5 Å². The molecule has 0 saturated heterocycles. The summed E-state index contributed by atoms with van der Waals surface area (Å²) in [6, 6.07) is 33.8. The van der Waals surface area contributed by atoms with Crippen LogP contribution in [0.5, 0.6) is 11.5 Å². The summed E-state index contributed by atoms with van der Waals surface area (Å²) in [6.07, 6.45) is 3.83. The van der Waals surface area contributed by atoms with Crippen molar-refractivity contribution in [1.29, 1.82) is 0 Å². The Hall–Kier alpha value is -4.81. The van der Waals surface area contributed by atoms with E-state index < -0.39 is 0 Å². The minimum Gasteiger partial charge on any atom is -0.493 e. The molecule has 0 unspecified atom stereocenters. The smallest absolute Gasteiger partial charge is 0.161 e. The van der Waals surface area contributed by atoms with E-state index >= 15 is 0 Å². The molecule has 0 aliphatic rings. The van der Waals surface area contributed by atoms with Crippen LogP contribution in [0.2, 0.25) is 5.02 Å². The van der Waals surface area contributed by atoms with Gasteiger partial charge in [-0.15, -0.1) is 0 Å². The number of methoxy groups -OCH3 is 2. The first-order valence-corrected chi connectivity index (χ1v) is 12.8. The summed E-state index contributed by atoms with van der Waals surface area (Å²) < 4.78 is 15.1. The second kappa shape index (κ2) is 10.5. The second-order valence-electron chi connectivity index (χ2n) is 8.86. The Morgan fingerprint density at radius 1 is 0.667 bits per heavy atom. The van der Waals surface area contributed by atoms with Gasteiger partial charge < -0.3 is 9.47 Å². The van der Waals surface area contributed by atoms with Gasteiger partial charge in [-0.3, -0.25) is 0 Å². The maximum Gasteiger partial charge on any atom is 0.161 e. The minimum atomic E-state index is 0.616. The van der Waals surface area contributed by atoms with Gasteiger partial charge in [0, 0.05) is 22.3 Å². The molecule has 0 aliphatic heterocycles. The first-order valence-electron chi connectivity index (χ1n) is 12.4. The van der Waals surface area contributed by atoms with Crippen LogP contribution in [0, 0.1) is 0 Å². The van der Waals surface area contributed by atoms with Crippen molar-refractivity contribution in [2.24, 2.45) is 0 Å². The first kappa shape index (κ1) is 24.5. The highest BCUT2D eigenvalue weighted by molar-refractivity contribution is 6.33. The number of aromatic nitrogens is 4. The molecule has 0 aliphatic carbocycles. The summed E-state index contributed by atoms with van der Waals surface area (Å²) in [5.41, 5.74) is 6.24. The van der Waals surface area contributed by atoms with E-state index in [0.717, 1.165) is 39.3 Å². The second-order valence-corrected chi connectivity index (χ2v) is 9.27. The van der Waals surface area contributed by atoms with Gasteiger partial charge in [-0.2, -0.15) is 0 Å². The zero-order valence-corrected chi connectivity index (χ0v) is 22.2. The molecule has 4 aromatic carbocycles. The molecule has 0 saturated carbocycles. The molecule has 0 amide bonds.